The van der Waals surface area contributed by atoms with Crippen LogP contribution in [0.1, 0.15) is 355 Å². The fraction of sp³-hybridized carbons (Fsp3) is 0.646. The van der Waals surface area contributed by atoms with Gasteiger partial charge in [-0.1, -0.05) is 363 Å². The Labute approximate surface area is 712 Å². The summed E-state index contributed by atoms with van der Waals surface area (Å²) in [5.41, 5.74) is 0. The van der Waals surface area contributed by atoms with Gasteiger partial charge in [0.15, 0.2) is 6.10 Å². The van der Waals surface area contributed by atoms with Gasteiger partial charge in [0, 0.05) is 19.3 Å². The molecule has 666 valence electrons. The van der Waals surface area contributed by atoms with Crippen molar-refractivity contribution in [3.8, 4) is 0 Å². The van der Waals surface area contributed by atoms with Crippen LogP contribution in [0, 0.1) is 0 Å². The quantitative estimate of drug-likeness (QED) is 0.0146. The van der Waals surface area contributed by atoms with Gasteiger partial charge in [-0.3, -0.25) is 32.5 Å². The molecule has 0 aliphatic heterocycles. The summed E-state index contributed by atoms with van der Waals surface area (Å²) >= 11 is 0. The van der Waals surface area contributed by atoms with E-state index >= 15 is 0 Å². The number of allylic oxidation sites excluding steroid dienone is 32. The van der Waals surface area contributed by atoms with Crippen molar-refractivity contribution < 1.29 is 75.8 Å². The highest BCUT2D eigenvalue weighted by Gasteiger charge is 2.29. The standard InChI is InChI=1S/C99H164O16P2/c1-4-7-10-13-16-19-22-25-28-31-34-37-40-42-43-44-45-46-47-48-49-51-54-55-58-61-64-67-70-73-76-79-82-85-97(102)109-88-94(100)89-111-116(105,106)112-90-95(101)91-113-117(107,108)114-93-96(115-99(104)87-84-81-78-75-72-69-66-63-60-57-52-39-36-33-30-27-24-21-18-15-12-9-6-3)92-110-98(103)86-83-80-77-74-71-68-65-62-59-56-53-50-41-38-35-32-29-26-23-20-17-14-11-8-5-2/h8-9,11-12,16-21,25-30,34-39,42-43,50,53,57,59-60,62,66,69,94-96,100-101H,4-7,10,13-15,22-24,31-33,40-41,44-49,51-52,54-56,58,61,63-65,67-68,70-93H2,1-3H3,(H,105,106)(H,107,108)/b11-8-,12-9-,19-16-,20-17-,21-18-,28-25-,29-26-,30-27-,37-34-,38-35-,39-36-,43-42-,53-50-,60-57-,62-59-,69-66-. The van der Waals surface area contributed by atoms with E-state index in [1.54, 1.807) is 0 Å². The number of unbranched alkanes of at least 4 members (excludes halogenated alkanes) is 30. The molecule has 5 unspecified atom stereocenters. The van der Waals surface area contributed by atoms with E-state index < -0.39 is 91.5 Å². The molecular weight excluding hydrogens is 1510 g/mol. The SMILES string of the molecule is CC/C=C\C/C=C\C/C=C\C/C=C\C/C=C\C/C=C\CCCCCCCCC(=O)OCC(COP(=O)(O)OCC(O)COP(=O)(O)OCC(O)COC(=O)CCCCCCCCCCCCCCCCCCC/C=C\C/C=C\C/C=C\C/C=C\CCCCC)OC(=O)CCCCCC/C=C\C/C=C\C/C=C\C/C=C\C/C=C\C/C=C\CC. The summed E-state index contributed by atoms with van der Waals surface area (Å²) in [6.07, 6.45) is 119. The smallest absolute Gasteiger partial charge is 0.463 e. The number of hydrogen-bond donors (Lipinski definition) is 4. The monoisotopic (exact) mass is 1670 g/mol. The predicted octanol–water partition coefficient (Wildman–Crippen LogP) is 28.2. The Hall–Kier alpha value is -5.61. The fourth-order valence-electron chi connectivity index (χ4n) is 11.9. The van der Waals surface area contributed by atoms with Gasteiger partial charge in [0.1, 0.15) is 25.4 Å². The lowest BCUT2D eigenvalue weighted by molar-refractivity contribution is -0.161. The van der Waals surface area contributed by atoms with Crippen molar-refractivity contribution in [2.75, 3.05) is 39.6 Å². The molecule has 117 heavy (non-hydrogen) atoms. The maximum atomic E-state index is 13.1. The number of carbonyl (C=O) groups excluding carboxylic acids is 3. The number of rotatable bonds is 85. The summed E-state index contributed by atoms with van der Waals surface area (Å²) in [6, 6.07) is 0. The molecule has 0 spiro atoms. The van der Waals surface area contributed by atoms with Gasteiger partial charge in [0.05, 0.1) is 26.4 Å². The second kappa shape index (κ2) is 89.6. The molecule has 0 aromatic carbocycles. The first-order valence-corrected chi connectivity index (χ1v) is 48.7. The first-order chi connectivity index (χ1) is 57.2. The van der Waals surface area contributed by atoms with Crippen LogP contribution in [0.25, 0.3) is 0 Å². The number of phosphoric ester groups is 2. The van der Waals surface area contributed by atoms with E-state index in [-0.39, 0.29) is 19.3 Å². The number of phosphoric acid groups is 2. The fourth-order valence-corrected chi connectivity index (χ4v) is 13.5. The molecule has 0 saturated heterocycles. The number of aliphatic hydroxyl groups is 2. The van der Waals surface area contributed by atoms with Crippen LogP contribution in [-0.2, 0) is 55.8 Å². The maximum absolute atomic E-state index is 13.1. The largest absolute Gasteiger partial charge is 0.472 e. The summed E-state index contributed by atoms with van der Waals surface area (Å²) < 4.78 is 61.4. The van der Waals surface area contributed by atoms with Crippen molar-refractivity contribution in [2.45, 2.75) is 373 Å². The van der Waals surface area contributed by atoms with Gasteiger partial charge in [0.25, 0.3) is 0 Å². The molecule has 0 aromatic rings. The molecule has 16 nitrogen and oxygen atoms in total. The van der Waals surface area contributed by atoms with Crippen molar-refractivity contribution in [1.82, 2.24) is 0 Å². The van der Waals surface area contributed by atoms with E-state index in [0.29, 0.717) is 19.3 Å². The second-order valence-corrected chi connectivity index (χ2v) is 32.9. The third kappa shape index (κ3) is 91.0. The van der Waals surface area contributed by atoms with Crippen LogP contribution in [-0.4, -0.2) is 95.9 Å². The molecule has 0 radical (unpaired) electrons. The third-order valence-electron chi connectivity index (χ3n) is 18.8. The molecule has 0 aromatic heterocycles. The normalized spacial score (nSPS) is 14.7. The van der Waals surface area contributed by atoms with Gasteiger partial charge >= 0.3 is 33.6 Å². The minimum Gasteiger partial charge on any atom is -0.463 e. The average molecular weight is 1670 g/mol. The Bertz CT molecular complexity index is 2910. The molecule has 0 rings (SSSR count). The van der Waals surface area contributed by atoms with Gasteiger partial charge in [-0.2, -0.15) is 0 Å². The van der Waals surface area contributed by atoms with E-state index in [9.17, 15) is 43.5 Å². The summed E-state index contributed by atoms with van der Waals surface area (Å²) in [5.74, 6) is -1.62. The molecule has 0 fully saturated rings. The zero-order valence-electron chi connectivity index (χ0n) is 73.3. The van der Waals surface area contributed by atoms with Crippen LogP contribution in [0.4, 0.5) is 0 Å². The van der Waals surface area contributed by atoms with E-state index in [1.807, 2.05) is 0 Å². The zero-order valence-corrected chi connectivity index (χ0v) is 75.1. The molecule has 0 aliphatic rings. The van der Waals surface area contributed by atoms with Gasteiger partial charge in [-0.25, -0.2) is 9.13 Å². The average Bonchev–Trinajstić information content (AvgIpc) is 0.924. The molecule has 0 aliphatic carbocycles. The first kappa shape index (κ1) is 111. The van der Waals surface area contributed by atoms with Crippen LogP contribution >= 0.6 is 15.6 Å². The van der Waals surface area contributed by atoms with Crippen LogP contribution in [0.15, 0.2) is 194 Å². The van der Waals surface area contributed by atoms with Crippen LogP contribution in [0.2, 0.25) is 0 Å². The van der Waals surface area contributed by atoms with Crippen molar-refractivity contribution in [3.05, 3.63) is 194 Å². The number of hydrogen-bond acceptors (Lipinski definition) is 14. The van der Waals surface area contributed by atoms with Crippen molar-refractivity contribution in [2.24, 2.45) is 0 Å². The number of aliphatic hydroxyl groups excluding tert-OH is 2. The highest BCUT2D eigenvalue weighted by Crippen LogP contribution is 2.45. The van der Waals surface area contributed by atoms with Crippen molar-refractivity contribution in [3.63, 3.8) is 0 Å². The third-order valence-corrected chi connectivity index (χ3v) is 20.7. The number of ether oxygens (including phenoxy) is 3. The lowest BCUT2D eigenvalue weighted by Gasteiger charge is -2.21. The van der Waals surface area contributed by atoms with Gasteiger partial charge in [0.2, 0.25) is 0 Å². The molecule has 5 atom stereocenters. The van der Waals surface area contributed by atoms with E-state index in [4.69, 9.17) is 32.3 Å². The predicted molar refractivity (Wildman–Crippen MR) is 491 cm³/mol. The van der Waals surface area contributed by atoms with E-state index in [1.165, 1.54) is 116 Å². The Balaban J connectivity index is 4.63. The highest BCUT2D eigenvalue weighted by molar-refractivity contribution is 7.47. The minimum atomic E-state index is -4.96. The maximum Gasteiger partial charge on any atom is 0.472 e. The summed E-state index contributed by atoms with van der Waals surface area (Å²) in [5, 5.41) is 20.7. The topological polar surface area (TPSA) is 231 Å². The Morgan fingerprint density at radius 3 is 0.718 bits per heavy atom. The van der Waals surface area contributed by atoms with Crippen LogP contribution < -0.4 is 0 Å². The zero-order chi connectivity index (χ0) is 85.1. The highest BCUT2D eigenvalue weighted by atomic mass is 31.2. The minimum absolute atomic E-state index is 0.0633. The molecule has 0 bridgehead atoms. The van der Waals surface area contributed by atoms with Gasteiger partial charge < -0.3 is 34.2 Å². The molecule has 4 N–H and O–H groups in total. The number of carbonyl (C=O) groups is 3. The van der Waals surface area contributed by atoms with Gasteiger partial charge in [-0.05, 0) is 167 Å². The summed E-state index contributed by atoms with van der Waals surface area (Å²) in [6.45, 7) is 2.39. The lowest BCUT2D eigenvalue weighted by atomic mass is 10.0. The summed E-state index contributed by atoms with van der Waals surface area (Å²) in [4.78, 5) is 59.0. The lowest BCUT2D eigenvalue weighted by Crippen LogP contribution is -2.30. The van der Waals surface area contributed by atoms with E-state index in [0.717, 1.165) is 180 Å². The van der Waals surface area contributed by atoms with Crippen LogP contribution in [0.5, 0.6) is 0 Å². The van der Waals surface area contributed by atoms with Crippen molar-refractivity contribution in [1.29, 1.82) is 0 Å². The van der Waals surface area contributed by atoms with Crippen molar-refractivity contribution >= 4 is 33.6 Å². The first-order valence-electron chi connectivity index (χ1n) is 45.7. The van der Waals surface area contributed by atoms with Crippen LogP contribution in [0.3, 0.4) is 0 Å². The molecule has 0 amide bonds. The molecule has 18 heteroatoms. The second-order valence-electron chi connectivity index (χ2n) is 30.0. The van der Waals surface area contributed by atoms with Gasteiger partial charge in [-0.15, -0.1) is 0 Å². The molecular formula is C99H164O16P2. The molecule has 0 heterocycles. The molecule has 0 saturated carbocycles. The Kier molecular flexibility index (Phi) is 85.3. The number of esters is 3. The Morgan fingerprint density at radius 2 is 0.453 bits per heavy atom. The van der Waals surface area contributed by atoms with E-state index in [2.05, 4.69) is 215 Å². The Morgan fingerprint density at radius 1 is 0.248 bits per heavy atom. The summed E-state index contributed by atoms with van der Waals surface area (Å²) in [7, 11) is -9.83.